The molecule has 3 rings (SSSR count). The van der Waals surface area contributed by atoms with Crippen LogP contribution in [0.2, 0.25) is 0 Å². The number of hydrogen-bond acceptors (Lipinski definition) is 5. The summed E-state index contributed by atoms with van der Waals surface area (Å²) in [7, 11) is 0. The molecule has 140 valence electrons. The lowest BCUT2D eigenvalue weighted by atomic mass is 10.2. The third kappa shape index (κ3) is 3.78. The van der Waals surface area contributed by atoms with Crippen molar-refractivity contribution in [2.24, 2.45) is 0 Å². The van der Waals surface area contributed by atoms with Gasteiger partial charge in [0, 0.05) is 6.54 Å². The Morgan fingerprint density at radius 1 is 1.33 bits per heavy atom. The summed E-state index contributed by atoms with van der Waals surface area (Å²) in [5.74, 6) is -0.347. The predicted molar refractivity (Wildman–Crippen MR) is 104 cm³/mol. The van der Waals surface area contributed by atoms with Crippen molar-refractivity contribution in [3.8, 4) is 5.75 Å². The molecule has 0 N–H and O–H groups in total. The number of carbonyl (C=O) groups excluding carboxylic acids is 3. The van der Waals surface area contributed by atoms with E-state index in [2.05, 4.69) is 6.58 Å². The molecule has 1 atom stereocenters. The van der Waals surface area contributed by atoms with Crippen molar-refractivity contribution in [3.63, 3.8) is 0 Å². The maximum atomic E-state index is 13.0. The fourth-order valence-electron chi connectivity index (χ4n) is 3.02. The first-order valence-electron chi connectivity index (χ1n) is 8.61. The average Bonchev–Trinajstić information content (AvgIpc) is 3.29. The maximum Gasteiger partial charge on any atom is 0.264 e. The summed E-state index contributed by atoms with van der Waals surface area (Å²) < 4.78 is 5.39. The maximum absolute atomic E-state index is 13.0. The monoisotopic (exact) mass is 384 g/mol. The minimum absolute atomic E-state index is 0.0446. The highest BCUT2D eigenvalue weighted by atomic mass is 32.1. The minimum Gasteiger partial charge on any atom is -0.494 e. The van der Waals surface area contributed by atoms with Crippen molar-refractivity contribution in [3.05, 3.63) is 59.3 Å². The topological polar surface area (TPSA) is 66.9 Å². The molecule has 2 heterocycles. The van der Waals surface area contributed by atoms with Crippen LogP contribution in [-0.4, -0.2) is 41.8 Å². The van der Waals surface area contributed by atoms with Crippen molar-refractivity contribution in [2.45, 2.75) is 19.4 Å². The predicted octanol–water partition coefficient (Wildman–Crippen LogP) is 3.11. The van der Waals surface area contributed by atoms with Crippen LogP contribution < -0.4 is 9.64 Å². The van der Waals surface area contributed by atoms with Crippen molar-refractivity contribution in [1.82, 2.24) is 4.90 Å². The number of rotatable bonds is 7. The number of amides is 3. The third-order valence-corrected chi connectivity index (χ3v) is 5.08. The van der Waals surface area contributed by atoms with E-state index >= 15 is 0 Å². The van der Waals surface area contributed by atoms with E-state index in [1.807, 2.05) is 6.92 Å². The average molecular weight is 384 g/mol. The van der Waals surface area contributed by atoms with Crippen LogP contribution >= 0.6 is 11.3 Å². The summed E-state index contributed by atoms with van der Waals surface area (Å²) in [6.45, 7) is 6.27. The van der Waals surface area contributed by atoms with Crippen LogP contribution in [-0.2, 0) is 9.59 Å². The molecule has 1 fully saturated rings. The summed E-state index contributed by atoms with van der Waals surface area (Å²) in [6.07, 6.45) is 1.51. The van der Waals surface area contributed by atoms with Gasteiger partial charge < -0.3 is 9.64 Å². The van der Waals surface area contributed by atoms with E-state index in [1.165, 1.54) is 16.2 Å². The molecule has 3 amide bonds. The number of imide groups is 1. The number of benzene rings is 1. The van der Waals surface area contributed by atoms with Gasteiger partial charge in [0.25, 0.3) is 11.8 Å². The normalized spacial score (nSPS) is 16.5. The van der Waals surface area contributed by atoms with E-state index in [-0.39, 0.29) is 24.8 Å². The van der Waals surface area contributed by atoms with E-state index in [0.29, 0.717) is 22.9 Å². The molecular formula is C20H20N2O4S. The number of ether oxygens (including phenoxy) is 1. The first-order valence-corrected chi connectivity index (χ1v) is 9.49. The molecule has 6 nitrogen and oxygen atoms in total. The smallest absolute Gasteiger partial charge is 0.264 e. The summed E-state index contributed by atoms with van der Waals surface area (Å²) in [5.41, 5.74) is 0.470. The van der Waals surface area contributed by atoms with Gasteiger partial charge in [0.05, 0.1) is 23.6 Å². The second kappa shape index (κ2) is 8.18. The largest absolute Gasteiger partial charge is 0.494 e. The molecule has 1 aliphatic heterocycles. The van der Waals surface area contributed by atoms with Crippen LogP contribution in [0, 0.1) is 0 Å². The van der Waals surface area contributed by atoms with E-state index in [1.54, 1.807) is 47.9 Å². The Morgan fingerprint density at radius 2 is 2.07 bits per heavy atom. The Kier molecular flexibility index (Phi) is 5.71. The van der Waals surface area contributed by atoms with Crippen LogP contribution in [0.5, 0.6) is 5.75 Å². The van der Waals surface area contributed by atoms with Gasteiger partial charge in [-0.25, -0.2) is 4.90 Å². The SMILES string of the molecule is C=CCN(C(=O)c1cccs1)C1CC(=O)N(c2ccc(OCC)cc2)C1=O. The van der Waals surface area contributed by atoms with Gasteiger partial charge in [-0.05, 0) is 42.6 Å². The van der Waals surface area contributed by atoms with Gasteiger partial charge in [-0.15, -0.1) is 17.9 Å². The quantitative estimate of drug-likeness (QED) is 0.543. The van der Waals surface area contributed by atoms with Crippen LogP contribution in [0.1, 0.15) is 23.0 Å². The summed E-state index contributed by atoms with van der Waals surface area (Å²) in [5, 5.41) is 1.80. The lowest BCUT2D eigenvalue weighted by Gasteiger charge is -2.26. The number of nitrogens with zero attached hydrogens (tertiary/aromatic N) is 2. The van der Waals surface area contributed by atoms with Crippen LogP contribution in [0.3, 0.4) is 0 Å². The van der Waals surface area contributed by atoms with E-state index in [0.717, 1.165) is 4.90 Å². The zero-order valence-corrected chi connectivity index (χ0v) is 15.8. The number of thiophene rings is 1. The molecule has 0 saturated carbocycles. The summed E-state index contributed by atoms with van der Waals surface area (Å²) in [6, 6.07) is 9.41. The van der Waals surface area contributed by atoms with Crippen LogP contribution in [0.15, 0.2) is 54.4 Å². The van der Waals surface area contributed by atoms with E-state index in [4.69, 9.17) is 4.74 Å². The highest BCUT2D eigenvalue weighted by Crippen LogP contribution is 2.28. The first-order chi connectivity index (χ1) is 13.1. The lowest BCUT2D eigenvalue weighted by molar-refractivity contribution is -0.122. The molecule has 1 aliphatic rings. The summed E-state index contributed by atoms with van der Waals surface area (Å²) in [4.78, 5) is 41.4. The van der Waals surface area contributed by atoms with Crippen molar-refractivity contribution >= 4 is 34.7 Å². The van der Waals surface area contributed by atoms with Gasteiger partial charge >= 0.3 is 0 Å². The lowest BCUT2D eigenvalue weighted by Crippen LogP contribution is -2.45. The molecule has 7 heteroatoms. The van der Waals surface area contributed by atoms with Crippen molar-refractivity contribution < 1.29 is 19.1 Å². The zero-order chi connectivity index (χ0) is 19.4. The molecule has 2 aromatic rings. The molecule has 1 aromatic heterocycles. The molecule has 1 unspecified atom stereocenters. The first kappa shape index (κ1) is 18.8. The van der Waals surface area contributed by atoms with Gasteiger partial charge in [0.15, 0.2) is 0 Å². The van der Waals surface area contributed by atoms with Crippen LogP contribution in [0.4, 0.5) is 5.69 Å². The number of carbonyl (C=O) groups is 3. The Hall–Kier alpha value is -2.93. The Balaban J connectivity index is 1.85. The molecule has 0 aliphatic carbocycles. The second-order valence-corrected chi connectivity index (χ2v) is 6.89. The third-order valence-electron chi connectivity index (χ3n) is 4.22. The Labute approximate surface area is 161 Å². The molecule has 0 radical (unpaired) electrons. The highest BCUT2D eigenvalue weighted by Gasteiger charge is 2.44. The van der Waals surface area contributed by atoms with E-state index in [9.17, 15) is 14.4 Å². The molecule has 27 heavy (non-hydrogen) atoms. The molecule has 0 bridgehead atoms. The molecule has 0 spiro atoms. The summed E-state index contributed by atoms with van der Waals surface area (Å²) >= 11 is 1.30. The van der Waals surface area contributed by atoms with Gasteiger partial charge in [-0.1, -0.05) is 12.1 Å². The van der Waals surface area contributed by atoms with Gasteiger partial charge in [-0.2, -0.15) is 0 Å². The van der Waals surface area contributed by atoms with Crippen molar-refractivity contribution in [1.29, 1.82) is 0 Å². The standard InChI is InChI=1S/C20H20N2O4S/c1-3-11-21(20(25)17-6-5-12-27-17)16-13-18(23)22(19(16)24)14-7-9-15(10-8-14)26-4-2/h3,5-10,12,16H,1,4,11,13H2,2H3. The van der Waals surface area contributed by atoms with Gasteiger partial charge in [0.2, 0.25) is 5.91 Å². The highest BCUT2D eigenvalue weighted by molar-refractivity contribution is 7.12. The molecular weight excluding hydrogens is 364 g/mol. The Morgan fingerprint density at radius 3 is 2.67 bits per heavy atom. The number of anilines is 1. The fourth-order valence-corrected chi connectivity index (χ4v) is 3.70. The van der Waals surface area contributed by atoms with E-state index < -0.39 is 11.9 Å². The van der Waals surface area contributed by atoms with Crippen molar-refractivity contribution in [2.75, 3.05) is 18.1 Å². The zero-order valence-electron chi connectivity index (χ0n) is 15.0. The number of hydrogen-bond donors (Lipinski definition) is 0. The second-order valence-electron chi connectivity index (χ2n) is 5.94. The van der Waals surface area contributed by atoms with Gasteiger partial charge in [0.1, 0.15) is 11.8 Å². The molecule has 1 saturated heterocycles. The molecule has 1 aromatic carbocycles. The minimum atomic E-state index is -0.836. The van der Waals surface area contributed by atoms with Crippen LogP contribution in [0.25, 0.3) is 0 Å². The van der Waals surface area contributed by atoms with Gasteiger partial charge in [-0.3, -0.25) is 14.4 Å². The Bertz CT molecular complexity index is 845. The fraction of sp³-hybridized carbons (Fsp3) is 0.250.